The van der Waals surface area contributed by atoms with Crippen LogP contribution in [-0.2, 0) is 4.74 Å². The molecule has 1 N–H and O–H groups in total. The van der Waals surface area contributed by atoms with Gasteiger partial charge in [-0.2, -0.15) is 0 Å². The summed E-state index contributed by atoms with van der Waals surface area (Å²) >= 11 is 0. The van der Waals surface area contributed by atoms with Gasteiger partial charge in [0.15, 0.2) is 0 Å². The predicted molar refractivity (Wildman–Crippen MR) is 85.1 cm³/mol. The zero-order valence-electron chi connectivity index (χ0n) is 13.3. The number of ether oxygens (including phenoxy) is 1. The van der Waals surface area contributed by atoms with Crippen molar-refractivity contribution in [3.8, 4) is 0 Å². The van der Waals surface area contributed by atoms with Crippen LogP contribution in [0, 0.1) is 0 Å². The Kier molecular flexibility index (Phi) is 3.80. The third-order valence-corrected chi connectivity index (χ3v) is 5.07. The first-order valence-corrected chi connectivity index (χ1v) is 8.46. The minimum absolute atomic E-state index is 0.186. The van der Waals surface area contributed by atoms with E-state index in [2.05, 4.69) is 15.3 Å². The van der Waals surface area contributed by atoms with Gasteiger partial charge in [-0.25, -0.2) is 14.8 Å². The molecule has 124 valence electrons. The molecule has 2 amide bonds. The lowest BCUT2D eigenvalue weighted by molar-refractivity contribution is 0.0141. The maximum atomic E-state index is 12.5. The van der Waals surface area contributed by atoms with Gasteiger partial charge < -0.3 is 19.9 Å². The van der Waals surface area contributed by atoms with E-state index < -0.39 is 0 Å². The highest BCUT2D eigenvalue weighted by Crippen LogP contribution is 2.36. The van der Waals surface area contributed by atoms with E-state index in [4.69, 9.17) is 4.74 Å². The number of nitrogens with one attached hydrogen (secondary N) is 1. The average Bonchev–Trinajstić information content (AvgIpc) is 3.31. The summed E-state index contributed by atoms with van der Waals surface area (Å²) in [5.74, 6) is 0.640. The number of carbonyl (C=O) groups is 1. The van der Waals surface area contributed by atoms with Crippen LogP contribution in [-0.4, -0.2) is 70.2 Å². The van der Waals surface area contributed by atoms with Gasteiger partial charge in [0, 0.05) is 38.4 Å². The number of amides is 2. The monoisotopic (exact) mass is 317 g/mol. The lowest BCUT2D eigenvalue weighted by Gasteiger charge is -2.26. The van der Waals surface area contributed by atoms with Crippen LogP contribution in [0.15, 0.2) is 18.5 Å². The maximum Gasteiger partial charge on any atom is 0.320 e. The molecule has 4 rings (SSSR count). The second kappa shape index (κ2) is 5.96. The fraction of sp³-hybridized carbons (Fsp3) is 0.688. The molecule has 3 fully saturated rings. The van der Waals surface area contributed by atoms with Crippen LogP contribution in [0.1, 0.15) is 25.7 Å². The third kappa shape index (κ3) is 2.97. The van der Waals surface area contributed by atoms with Crippen LogP contribution in [0.25, 0.3) is 0 Å². The molecule has 0 saturated carbocycles. The fourth-order valence-corrected chi connectivity index (χ4v) is 3.89. The number of hydrogen-bond donors (Lipinski definition) is 1. The number of aromatic nitrogens is 2. The van der Waals surface area contributed by atoms with Gasteiger partial charge in [0.05, 0.1) is 24.8 Å². The van der Waals surface area contributed by atoms with Crippen LogP contribution >= 0.6 is 0 Å². The SMILES string of the molecule is O=C(N1CCCC1)N1CC[C@@]2(C[C@H](Nc3ncccn3)CO2)C1. The largest absolute Gasteiger partial charge is 0.371 e. The number of anilines is 1. The first kappa shape index (κ1) is 14.7. The van der Waals surface area contributed by atoms with Crippen molar-refractivity contribution in [3.05, 3.63) is 18.5 Å². The molecule has 0 unspecified atom stereocenters. The molecule has 1 aromatic rings. The van der Waals surface area contributed by atoms with E-state index in [9.17, 15) is 4.79 Å². The maximum absolute atomic E-state index is 12.5. The van der Waals surface area contributed by atoms with Crippen molar-refractivity contribution in [2.45, 2.75) is 37.3 Å². The van der Waals surface area contributed by atoms with Crippen LogP contribution in [0.5, 0.6) is 0 Å². The van der Waals surface area contributed by atoms with Gasteiger partial charge in [-0.05, 0) is 25.3 Å². The first-order chi connectivity index (χ1) is 11.2. The van der Waals surface area contributed by atoms with E-state index in [1.807, 2.05) is 9.80 Å². The van der Waals surface area contributed by atoms with Crippen molar-refractivity contribution < 1.29 is 9.53 Å². The molecule has 3 saturated heterocycles. The smallest absolute Gasteiger partial charge is 0.320 e. The number of likely N-dealkylation sites (tertiary alicyclic amines) is 2. The highest BCUT2D eigenvalue weighted by atomic mass is 16.5. The van der Waals surface area contributed by atoms with Gasteiger partial charge in [-0.15, -0.1) is 0 Å². The topological polar surface area (TPSA) is 70.6 Å². The molecule has 3 aliphatic heterocycles. The van der Waals surface area contributed by atoms with E-state index >= 15 is 0 Å². The predicted octanol–water partition coefficient (Wildman–Crippen LogP) is 1.34. The van der Waals surface area contributed by atoms with E-state index in [1.54, 1.807) is 18.5 Å². The van der Waals surface area contributed by atoms with Crippen molar-refractivity contribution in [2.75, 3.05) is 38.1 Å². The summed E-state index contributed by atoms with van der Waals surface area (Å²) in [6.07, 6.45) is 7.53. The Morgan fingerprint density at radius 3 is 2.78 bits per heavy atom. The first-order valence-electron chi connectivity index (χ1n) is 8.46. The Morgan fingerprint density at radius 1 is 1.22 bits per heavy atom. The molecule has 0 radical (unpaired) electrons. The van der Waals surface area contributed by atoms with Crippen LogP contribution in [0.3, 0.4) is 0 Å². The zero-order chi connectivity index (χ0) is 15.7. The third-order valence-electron chi connectivity index (χ3n) is 5.07. The van der Waals surface area contributed by atoms with E-state index in [1.165, 1.54) is 0 Å². The van der Waals surface area contributed by atoms with Crippen molar-refractivity contribution in [1.82, 2.24) is 19.8 Å². The Morgan fingerprint density at radius 2 is 2.00 bits per heavy atom. The van der Waals surface area contributed by atoms with E-state index in [-0.39, 0.29) is 17.7 Å². The molecule has 1 aromatic heterocycles. The summed E-state index contributed by atoms with van der Waals surface area (Å²) in [6, 6.07) is 2.20. The molecule has 0 bridgehead atoms. The van der Waals surface area contributed by atoms with Gasteiger partial charge in [-0.1, -0.05) is 0 Å². The minimum atomic E-state index is -0.193. The summed E-state index contributed by atoms with van der Waals surface area (Å²) in [4.78, 5) is 24.9. The molecular formula is C16H23N5O2. The summed E-state index contributed by atoms with van der Waals surface area (Å²) in [7, 11) is 0. The second-order valence-corrected chi connectivity index (χ2v) is 6.76. The molecule has 3 aliphatic rings. The normalized spacial score (nSPS) is 30.3. The molecule has 0 aliphatic carbocycles. The number of carbonyl (C=O) groups excluding carboxylic acids is 1. The van der Waals surface area contributed by atoms with Crippen LogP contribution in [0.2, 0.25) is 0 Å². The number of rotatable bonds is 2. The highest BCUT2D eigenvalue weighted by Gasteiger charge is 2.47. The van der Waals surface area contributed by atoms with Gasteiger partial charge in [0.2, 0.25) is 5.95 Å². The van der Waals surface area contributed by atoms with Crippen molar-refractivity contribution in [2.24, 2.45) is 0 Å². The molecule has 2 atom stereocenters. The van der Waals surface area contributed by atoms with Gasteiger partial charge >= 0.3 is 6.03 Å². The Hall–Kier alpha value is -1.89. The molecule has 0 aromatic carbocycles. The van der Waals surface area contributed by atoms with E-state index in [0.717, 1.165) is 45.3 Å². The van der Waals surface area contributed by atoms with Crippen LogP contribution in [0.4, 0.5) is 10.7 Å². The molecule has 7 nitrogen and oxygen atoms in total. The van der Waals surface area contributed by atoms with E-state index in [0.29, 0.717) is 19.1 Å². The van der Waals surface area contributed by atoms with Crippen molar-refractivity contribution in [1.29, 1.82) is 0 Å². The molecular weight excluding hydrogens is 294 g/mol. The summed E-state index contributed by atoms with van der Waals surface area (Å²) in [6.45, 7) is 3.95. The Labute approximate surface area is 136 Å². The highest BCUT2D eigenvalue weighted by molar-refractivity contribution is 5.75. The quantitative estimate of drug-likeness (QED) is 0.891. The second-order valence-electron chi connectivity index (χ2n) is 6.76. The minimum Gasteiger partial charge on any atom is -0.371 e. The number of nitrogens with zero attached hydrogens (tertiary/aromatic N) is 4. The standard InChI is InChI=1S/C16H23N5O2/c22-15(20-7-1-2-8-20)21-9-4-16(12-21)10-13(11-23-16)19-14-17-5-3-6-18-14/h3,5-6,13H,1-2,4,7-12H2,(H,17,18,19)/t13-,16+/m0/s1. The molecule has 4 heterocycles. The Balaban J connectivity index is 1.34. The van der Waals surface area contributed by atoms with Gasteiger partial charge in [0.25, 0.3) is 0 Å². The lowest BCUT2D eigenvalue weighted by atomic mass is 9.97. The number of urea groups is 1. The molecule has 1 spiro atoms. The average molecular weight is 317 g/mol. The summed E-state index contributed by atoms with van der Waals surface area (Å²) in [5.41, 5.74) is -0.193. The van der Waals surface area contributed by atoms with Gasteiger partial charge in [-0.3, -0.25) is 0 Å². The van der Waals surface area contributed by atoms with Crippen LogP contribution < -0.4 is 5.32 Å². The number of hydrogen-bond acceptors (Lipinski definition) is 5. The molecule has 7 heteroatoms. The summed E-state index contributed by atoms with van der Waals surface area (Å²) in [5, 5.41) is 3.33. The molecule has 23 heavy (non-hydrogen) atoms. The lowest BCUT2D eigenvalue weighted by Crippen LogP contribution is -2.43. The van der Waals surface area contributed by atoms with Crippen molar-refractivity contribution >= 4 is 12.0 Å². The Bertz CT molecular complexity index is 563. The fourth-order valence-electron chi connectivity index (χ4n) is 3.89. The van der Waals surface area contributed by atoms with Crippen molar-refractivity contribution in [3.63, 3.8) is 0 Å². The summed E-state index contributed by atoms with van der Waals surface area (Å²) < 4.78 is 6.10. The van der Waals surface area contributed by atoms with Gasteiger partial charge in [0.1, 0.15) is 0 Å². The zero-order valence-corrected chi connectivity index (χ0v) is 13.3.